The van der Waals surface area contributed by atoms with Crippen LogP contribution in [0.15, 0.2) is 79.8 Å². The molecule has 1 aliphatic rings. The number of carbonyl (C=O) groups excluding carboxylic acids is 1. The third kappa shape index (κ3) is 3.63. The quantitative estimate of drug-likeness (QED) is 0.371. The Morgan fingerprint density at radius 3 is 2.81 bits per heavy atom. The Hall–Kier alpha value is -3.64. The van der Waals surface area contributed by atoms with E-state index >= 15 is 0 Å². The highest BCUT2D eigenvalue weighted by Crippen LogP contribution is 2.38. The lowest BCUT2D eigenvalue weighted by Crippen LogP contribution is -2.29. The molecule has 2 aromatic heterocycles. The molecule has 1 atom stereocenters. The summed E-state index contributed by atoms with van der Waals surface area (Å²) >= 11 is 6.67. The van der Waals surface area contributed by atoms with E-state index in [-0.39, 0.29) is 11.9 Å². The first-order chi connectivity index (χ1) is 15.7. The van der Waals surface area contributed by atoms with Gasteiger partial charge in [0.15, 0.2) is 0 Å². The Labute approximate surface area is 190 Å². The molecular weight excluding hydrogens is 424 g/mol. The van der Waals surface area contributed by atoms with Crippen molar-refractivity contribution in [2.45, 2.75) is 18.9 Å². The number of aromatic nitrogens is 3. The third-order valence-electron chi connectivity index (χ3n) is 5.66. The Balaban J connectivity index is 1.55. The first-order valence-corrected chi connectivity index (χ1v) is 10.8. The summed E-state index contributed by atoms with van der Waals surface area (Å²) in [6, 6.07) is 15.0. The van der Waals surface area contributed by atoms with Gasteiger partial charge in [0.05, 0.1) is 28.5 Å². The fourth-order valence-corrected chi connectivity index (χ4v) is 4.45. The molecule has 2 aromatic carbocycles. The van der Waals surface area contributed by atoms with Crippen LogP contribution in [-0.4, -0.2) is 31.7 Å². The molecule has 0 saturated carbocycles. The highest BCUT2D eigenvalue weighted by molar-refractivity contribution is 6.33. The number of hydrogen-bond acceptors (Lipinski definition) is 4. The van der Waals surface area contributed by atoms with Gasteiger partial charge in [-0.25, -0.2) is 4.98 Å². The summed E-state index contributed by atoms with van der Waals surface area (Å²) in [5.41, 5.74) is 2.34. The predicted molar refractivity (Wildman–Crippen MR) is 124 cm³/mol. The van der Waals surface area contributed by atoms with Gasteiger partial charge < -0.3 is 9.64 Å². The zero-order chi connectivity index (χ0) is 22.1. The molecule has 1 aliphatic heterocycles. The molecule has 1 fully saturated rings. The van der Waals surface area contributed by atoms with Crippen molar-refractivity contribution in [3.8, 4) is 22.8 Å². The highest BCUT2D eigenvalue weighted by atomic mass is 35.5. The van der Waals surface area contributed by atoms with E-state index in [1.807, 2.05) is 58.0 Å². The number of hydrogen-bond donors (Lipinski definition) is 0. The molecule has 0 aliphatic carbocycles. The van der Waals surface area contributed by atoms with Gasteiger partial charge in [0.25, 0.3) is 0 Å². The molecule has 0 bridgehead atoms. The number of benzene rings is 2. The Kier molecular flexibility index (Phi) is 5.37. The topological polar surface area (TPSA) is 59.7 Å². The number of carbonyl (C=O) groups is 1. The summed E-state index contributed by atoms with van der Waals surface area (Å²) in [5, 5.41) is 0.527. The zero-order valence-corrected chi connectivity index (χ0v) is 18.1. The van der Waals surface area contributed by atoms with Crippen molar-refractivity contribution in [1.29, 1.82) is 0 Å². The van der Waals surface area contributed by atoms with Crippen LogP contribution in [0.4, 0.5) is 0 Å². The van der Waals surface area contributed by atoms with Gasteiger partial charge in [-0.3, -0.25) is 14.2 Å². The molecule has 5 rings (SSSR count). The Morgan fingerprint density at radius 2 is 2.03 bits per heavy atom. The largest absolute Gasteiger partial charge is 0.457 e. The number of nitrogens with zero attached hydrogens (tertiary/aromatic N) is 4. The van der Waals surface area contributed by atoms with E-state index in [1.54, 1.807) is 18.5 Å². The van der Waals surface area contributed by atoms with Crippen molar-refractivity contribution >= 4 is 23.0 Å². The molecule has 1 unspecified atom stereocenters. The Morgan fingerprint density at radius 1 is 1.19 bits per heavy atom. The number of rotatable bonds is 5. The Bertz CT molecular complexity index is 1300. The maximum absolute atomic E-state index is 12.4. The average Bonchev–Trinajstić information content (AvgIpc) is 3.44. The standard InChI is InChI=1S/C25H21ClN4O2/c1-2-23(31)29-13-6-9-21(29)25-28-24(22-16-27-12-14-30(22)25)19-11-10-18(15-20(19)26)32-17-7-4-3-5-8-17/h2-5,7-8,10-12,14-16,21H,1,6,9,13H2. The summed E-state index contributed by atoms with van der Waals surface area (Å²) < 4.78 is 7.89. The van der Waals surface area contributed by atoms with E-state index in [0.29, 0.717) is 17.3 Å². The van der Waals surface area contributed by atoms with Gasteiger partial charge in [-0.05, 0) is 43.2 Å². The number of imidazole rings is 1. The van der Waals surface area contributed by atoms with E-state index in [2.05, 4.69) is 11.6 Å². The number of para-hydroxylation sites is 1. The minimum Gasteiger partial charge on any atom is -0.457 e. The zero-order valence-electron chi connectivity index (χ0n) is 17.3. The van der Waals surface area contributed by atoms with Gasteiger partial charge in [-0.2, -0.15) is 0 Å². The van der Waals surface area contributed by atoms with Crippen LogP contribution < -0.4 is 4.74 Å². The first kappa shape index (κ1) is 20.3. The molecule has 6 nitrogen and oxygen atoms in total. The van der Waals surface area contributed by atoms with Crippen molar-refractivity contribution in [3.63, 3.8) is 0 Å². The van der Waals surface area contributed by atoms with E-state index in [1.165, 1.54) is 6.08 Å². The van der Waals surface area contributed by atoms with Gasteiger partial charge in [0, 0.05) is 30.6 Å². The lowest BCUT2D eigenvalue weighted by atomic mass is 10.1. The van der Waals surface area contributed by atoms with Gasteiger partial charge in [0.1, 0.15) is 17.3 Å². The number of halogens is 1. The minimum absolute atomic E-state index is 0.0831. The maximum atomic E-state index is 12.4. The molecular formula is C25H21ClN4O2. The van der Waals surface area contributed by atoms with Crippen LogP contribution in [0.25, 0.3) is 16.8 Å². The van der Waals surface area contributed by atoms with Crippen molar-refractivity contribution in [3.05, 3.63) is 90.6 Å². The molecule has 4 aromatic rings. The first-order valence-electron chi connectivity index (χ1n) is 10.4. The molecule has 32 heavy (non-hydrogen) atoms. The number of amides is 1. The molecule has 160 valence electrons. The van der Waals surface area contributed by atoms with Crippen LogP contribution in [-0.2, 0) is 4.79 Å². The van der Waals surface area contributed by atoms with Crippen LogP contribution in [0.2, 0.25) is 5.02 Å². The summed E-state index contributed by atoms with van der Waals surface area (Å²) in [7, 11) is 0. The molecule has 1 saturated heterocycles. The predicted octanol–water partition coefficient (Wildman–Crippen LogP) is 5.69. The average molecular weight is 445 g/mol. The second-order valence-corrected chi connectivity index (χ2v) is 8.01. The summed E-state index contributed by atoms with van der Waals surface area (Å²) in [6.45, 7) is 4.33. The van der Waals surface area contributed by atoms with Crippen molar-refractivity contribution in [1.82, 2.24) is 19.3 Å². The molecule has 0 N–H and O–H groups in total. The van der Waals surface area contributed by atoms with Crippen LogP contribution in [0.5, 0.6) is 11.5 Å². The molecule has 7 heteroatoms. The third-order valence-corrected chi connectivity index (χ3v) is 5.97. The van der Waals surface area contributed by atoms with Crippen LogP contribution in [0.1, 0.15) is 24.7 Å². The normalized spacial score (nSPS) is 15.8. The van der Waals surface area contributed by atoms with Gasteiger partial charge in [0.2, 0.25) is 5.91 Å². The highest BCUT2D eigenvalue weighted by Gasteiger charge is 2.32. The van der Waals surface area contributed by atoms with E-state index in [9.17, 15) is 4.79 Å². The SMILES string of the molecule is C=CC(=O)N1CCCC1c1nc(-c2ccc(Oc3ccccc3)cc2Cl)c2cnccn12. The fraction of sp³-hybridized carbons (Fsp3) is 0.160. The molecule has 1 amide bonds. The number of ether oxygens (including phenoxy) is 1. The lowest BCUT2D eigenvalue weighted by molar-refractivity contribution is -0.127. The molecule has 0 spiro atoms. The van der Waals surface area contributed by atoms with Gasteiger partial charge in [-0.1, -0.05) is 36.4 Å². The second kappa shape index (κ2) is 8.48. The number of likely N-dealkylation sites (tertiary alicyclic amines) is 1. The van der Waals surface area contributed by atoms with E-state index in [0.717, 1.165) is 41.2 Å². The number of fused-ring (bicyclic) bond motifs is 1. The smallest absolute Gasteiger partial charge is 0.246 e. The van der Waals surface area contributed by atoms with Crippen molar-refractivity contribution in [2.75, 3.05) is 6.54 Å². The van der Waals surface area contributed by atoms with Gasteiger partial charge in [-0.15, -0.1) is 0 Å². The van der Waals surface area contributed by atoms with Crippen LogP contribution in [0, 0.1) is 0 Å². The van der Waals surface area contributed by atoms with Gasteiger partial charge >= 0.3 is 0 Å². The second-order valence-electron chi connectivity index (χ2n) is 7.60. The van der Waals surface area contributed by atoms with E-state index < -0.39 is 0 Å². The monoisotopic (exact) mass is 444 g/mol. The van der Waals surface area contributed by atoms with Crippen molar-refractivity contribution in [2.24, 2.45) is 0 Å². The summed E-state index contributed by atoms with van der Waals surface area (Å²) in [4.78, 5) is 23.4. The van der Waals surface area contributed by atoms with Crippen molar-refractivity contribution < 1.29 is 9.53 Å². The molecule has 0 radical (unpaired) electrons. The lowest BCUT2D eigenvalue weighted by Gasteiger charge is -2.22. The minimum atomic E-state index is -0.122. The summed E-state index contributed by atoms with van der Waals surface area (Å²) in [5.74, 6) is 2.10. The van der Waals surface area contributed by atoms with Crippen LogP contribution >= 0.6 is 11.6 Å². The fourth-order valence-electron chi connectivity index (χ4n) is 4.19. The van der Waals surface area contributed by atoms with Crippen LogP contribution in [0.3, 0.4) is 0 Å². The summed E-state index contributed by atoms with van der Waals surface area (Å²) in [6.07, 6.45) is 8.49. The van der Waals surface area contributed by atoms with E-state index in [4.69, 9.17) is 21.3 Å². The maximum Gasteiger partial charge on any atom is 0.246 e. The molecule has 3 heterocycles.